The number of nitrogens with zero attached hydrogens (tertiary/aromatic N) is 5. The van der Waals surface area contributed by atoms with Crippen LogP contribution in [0.15, 0.2) is 12.4 Å². The van der Waals surface area contributed by atoms with E-state index in [1.807, 2.05) is 4.90 Å². The van der Waals surface area contributed by atoms with Gasteiger partial charge in [-0.2, -0.15) is 0 Å². The Hall–Kier alpha value is -1.85. The van der Waals surface area contributed by atoms with Crippen LogP contribution < -0.4 is 9.80 Å². The summed E-state index contributed by atoms with van der Waals surface area (Å²) in [6.07, 6.45) is 6.67. The van der Waals surface area contributed by atoms with E-state index in [2.05, 4.69) is 32.8 Å². The van der Waals surface area contributed by atoms with Crippen molar-refractivity contribution in [3.63, 3.8) is 0 Å². The fraction of sp³-hybridized carbons (Fsp3) is 0.706. The van der Waals surface area contributed by atoms with Crippen LogP contribution in [0, 0.1) is 0 Å². The second-order valence-corrected chi connectivity index (χ2v) is 6.48. The van der Waals surface area contributed by atoms with Crippen LogP contribution in [0.1, 0.15) is 39.5 Å². The second-order valence-electron chi connectivity index (χ2n) is 6.48. The summed E-state index contributed by atoms with van der Waals surface area (Å²) in [5, 5.41) is 0. The summed E-state index contributed by atoms with van der Waals surface area (Å²) in [4.78, 5) is 27.0. The molecule has 0 bridgehead atoms. The number of rotatable bonds is 3. The van der Waals surface area contributed by atoms with Gasteiger partial charge in [-0.15, -0.1) is 0 Å². The monoisotopic (exact) mass is 317 g/mol. The summed E-state index contributed by atoms with van der Waals surface area (Å²) in [6, 6.07) is 2.72. The Kier molecular flexibility index (Phi) is 4.98. The van der Waals surface area contributed by atoms with Crippen molar-refractivity contribution < 1.29 is 4.79 Å². The maximum atomic E-state index is 11.4. The second kappa shape index (κ2) is 7.15. The van der Waals surface area contributed by atoms with E-state index in [0.29, 0.717) is 6.04 Å². The lowest BCUT2D eigenvalue weighted by molar-refractivity contribution is -0.129. The van der Waals surface area contributed by atoms with Crippen LogP contribution in [-0.4, -0.2) is 59.5 Å². The number of carbonyl (C=O) groups excluding carboxylic acids is 1. The summed E-state index contributed by atoms with van der Waals surface area (Å²) >= 11 is 0. The zero-order valence-electron chi connectivity index (χ0n) is 14.2. The number of hydrogen-bond acceptors (Lipinski definition) is 5. The number of piperazine rings is 1. The van der Waals surface area contributed by atoms with E-state index >= 15 is 0 Å². The molecule has 0 saturated carbocycles. The summed E-state index contributed by atoms with van der Waals surface area (Å²) in [7, 11) is 0. The van der Waals surface area contributed by atoms with Crippen LogP contribution in [0.25, 0.3) is 0 Å². The fourth-order valence-corrected chi connectivity index (χ4v) is 3.64. The van der Waals surface area contributed by atoms with E-state index in [-0.39, 0.29) is 5.91 Å². The molecular weight excluding hydrogens is 290 g/mol. The molecule has 0 aromatic carbocycles. The Morgan fingerprint density at radius 3 is 2.57 bits per heavy atom. The van der Waals surface area contributed by atoms with Crippen molar-refractivity contribution >= 4 is 17.5 Å². The van der Waals surface area contributed by atoms with Gasteiger partial charge < -0.3 is 14.7 Å². The Bertz CT molecular complexity index is 542. The van der Waals surface area contributed by atoms with Gasteiger partial charge in [0.2, 0.25) is 5.91 Å². The number of anilines is 2. The third kappa shape index (κ3) is 3.57. The minimum absolute atomic E-state index is 0.159. The lowest BCUT2D eigenvalue weighted by atomic mass is 10.00. The van der Waals surface area contributed by atoms with Crippen LogP contribution in [0.4, 0.5) is 11.6 Å². The number of aromatic nitrogens is 2. The van der Waals surface area contributed by atoms with Crippen LogP contribution in [0.3, 0.4) is 0 Å². The highest BCUT2D eigenvalue weighted by atomic mass is 16.2. The van der Waals surface area contributed by atoms with Gasteiger partial charge in [0.25, 0.3) is 0 Å². The first kappa shape index (κ1) is 16.0. The van der Waals surface area contributed by atoms with Crippen LogP contribution in [0.5, 0.6) is 0 Å². The highest BCUT2D eigenvalue weighted by Crippen LogP contribution is 2.27. The minimum Gasteiger partial charge on any atom is -0.353 e. The SMILES string of the molecule is CCC1CCCCN1c1cc(N2CCN(C(C)=O)CC2)ncn1. The highest BCUT2D eigenvalue weighted by molar-refractivity contribution is 5.73. The summed E-state index contributed by atoms with van der Waals surface area (Å²) in [5.41, 5.74) is 0. The lowest BCUT2D eigenvalue weighted by Gasteiger charge is -2.37. The molecule has 2 fully saturated rings. The summed E-state index contributed by atoms with van der Waals surface area (Å²) in [5.74, 6) is 2.20. The molecule has 23 heavy (non-hydrogen) atoms. The molecule has 0 spiro atoms. The van der Waals surface area contributed by atoms with Crippen molar-refractivity contribution in [2.24, 2.45) is 0 Å². The zero-order chi connectivity index (χ0) is 16.2. The summed E-state index contributed by atoms with van der Waals surface area (Å²) < 4.78 is 0. The maximum absolute atomic E-state index is 11.4. The fourth-order valence-electron chi connectivity index (χ4n) is 3.64. The highest BCUT2D eigenvalue weighted by Gasteiger charge is 2.24. The third-order valence-corrected chi connectivity index (χ3v) is 5.08. The zero-order valence-corrected chi connectivity index (χ0v) is 14.2. The number of amides is 1. The first-order chi connectivity index (χ1) is 11.2. The first-order valence-electron chi connectivity index (χ1n) is 8.78. The topological polar surface area (TPSA) is 52.6 Å². The molecule has 0 aliphatic carbocycles. The average molecular weight is 317 g/mol. The van der Waals surface area contributed by atoms with Crippen LogP contribution >= 0.6 is 0 Å². The molecule has 6 heteroatoms. The Labute approximate surface area is 138 Å². The van der Waals surface area contributed by atoms with Crippen molar-refractivity contribution in [2.75, 3.05) is 42.5 Å². The van der Waals surface area contributed by atoms with Gasteiger partial charge in [-0.3, -0.25) is 4.79 Å². The quantitative estimate of drug-likeness (QED) is 0.852. The van der Waals surface area contributed by atoms with Gasteiger partial charge >= 0.3 is 0 Å². The molecule has 0 radical (unpaired) electrons. The first-order valence-corrected chi connectivity index (χ1v) is 8.78. The molecule has 3 heterocycles. The van der Waals surface area contributed by atoms with Gasteiger partial charge in [0.1, 0.15) is 18.0 Å². The third-order valence-electron chi connectivity index (χ3n) is 5.08. The molecule has 0 N–H and O–H groups in total. The van der Waals surface area contributed by atoms with Crippen LogP contribution in [0.2, 0.25) is 0 Å². The normalized spacial score (nSPS) is 22.3. The standard InChI is InChI=1S/C17H27N5O/c1-3-15-6-4-5-7-22(15)17-12-16(18-13-19-17)21-10-8-20(9-11-21)14(2)23/h12-13,15H,3-11H2,1-2H3. The van der Waals surface area contributed by atoms with Crippen molar-refractivity contribution in [3.05, 3.63) is 12.4 Å². The maximum Gasteiger partial charge on any atom is 0.219 e. The molecule has 1 aromatic heterocycles. The summed E-state index contributed by atoms with van der Waals surface area (Å²) in [6.45, 7) is 8.21. The van der Waals surface area contributed by atoms with Gasteiger partial charge in [-0.05, 0) is 25.7 Å². The molecule has 6 nitrogen and oxygen atoms in total. The van der Waals surface area contributed by atoms with Gasteiger partial charge in [0.05, 0.1) is 0 Å². The number of carbonyl (C=O) groups is 1. The van der Waals surface area contributed by atoms with Crippen molar-refractivity contribution in [2.45, 2.75) is 45.6 Å². The van der Waals surface area contributed by atoms with E-state index < -0.39 is 0 Å². The van der Waals surface area contributed by atoms with E-state index in [4.69, 9.17) is 0 Å². The Morgan fingerprint density at radius 1 is 1.13 bits per heavy atom. The molecule has 2 saturated heterocycles. The molecule has 1 aromatic rings. The molecule has 2 aliphatic rings. The number of hydrogen-bond donors (Lipinski definition) is 0. The van der Waals surface area contributed by atoms with Crippen molar-refractivity contribution in [3.8, 4) is 0 Å². The van der Waals surface area contributed by atoms with Gasteiger partial charge in [0.15, 0.2) is 0 Å². The Morgan fingerprint density at radius 2 is 1.87 bits per heavy atom. The van der Waals surface area contributed by atoms with Gasteiger partial charge in [-0.25, -0.2) is 9.97 Å². The van der Waals surface area contributed by atoms with Gasteiger partial charge in [0, 0.05) is 51.8 Å². The molecule has 1 atom stereocenters. The molecule has 126 valence electrons. The predicted octanol–water partition coefficient (Wildman–Crippen LogP) is 1.91. The lowest BCUT2D eigenvalue weighted by Crippen LogP contribution is -2.48. The molecule has 1 unspecified atom stereocenters. The largest absolute Gasteiger partial charge is 0.353 e. The van der Waals surface area contributed by atoms with E-state index in [1.165, 1.54) is 19.3 Å². The molecule has 2 aliphatic heterocycles. The number of piperidine rings is 1. The molecule has 3 rings (SSSR count). The predicted molar refractivity (Wildman–Crippen MR) is 91.8 cm³/mol. The Balaban J connectivity index is 1.71. The average Bonchev–Trinajstić information content (AvgIpc) is 2.62. The minimum atomic E-state index is 0.159. The molecular formula is C17H27N5O. The van der Waals surface area contributed by atoms with E-state index in [0.717, 1.165) is 50.8 Å². The van der Waals surface area contributed by atoms with Crippen LogP contribution in [-0.2, 0) is 4.79 Å². The van der Waals surface area contributed by atoms with E-state index in [1.54, 1.807) is 13.3 Å². The van der Waals surface area contributed by atoms with Gasteiger partial charge in [-0.1, -0.05) is 6.92 Å². The smallest absolute Gasteiger partial charge is 0.219 e. The van der Waals surface area contributed by atoms with Crippen molar-refractivity contribution in [1.82, 2.24) is 14.9 Å². The van der Waals surface area contributed by atoms with E-state index in [9.17, 15) is 4.79 Å². The molecule has 1 amide bonds. The van der Waals surface area contributed by atoms with Crippen molar-refractivity contribution in [1.29, 1.82) is 0 Å².